The molecule has 0 atom stereocenters. The summed E-state index contributed by atoms with van der Waals surface area (Å²) in [6, 6.07) is 0. The lowest BCUT2D eigenvalue weighted by atomic mass is 11.0. The van der Waals surface area contributed by atoms with E-state index < -0.39 is 0 Å². The fourth-order valence-corrected chi connectivity index (χ4v) is 1.58. The van der Waals surface area contributed by atoms with Gasteiger partial charge in [0.1, 0.15) is 8.94 Å². The molecule has 1 rings (SSSR count). The summed E-state index contributed by atoms with van der Waals surface area (Å²) < 4.78 is 1.23. The molecular formula is C3H2BrClN2S. The van der Waals surface area contributed by atoms with Crippen LogP contribution in [0.25, 0.3) is 0 Å². The average Bonchev–Trinajstić information content (AvgIpc) is 1.85. The Morgan fingerprint density at radius 2 is 2.38 bits per heavy atom. The van der Waals surface area contributed by atoms with Gasteiger partial charge in [-0.2, -0.15) is 0 Å². The third-order valence-corrected chi connectivity index (χ3v) is 2.71. The van der Waals surface area contributed by atoms with E-state index in [1.54, 1.807) is 0 Å². The van der Waals surface area contributed by atoms with Crippen LogP contribution in [0, 0.1) is 0 Å². The minimum Gasteiger partial charge on any atom is -0.375 e. The lowest BCUT2D eigenvalue weighted by Gasteiger charge is -1.72. The second kappa shape index (κ2) is 2.21. The molecule has 0 aromatic carbocycles. The first-order chi connectivity index (χ1) is 3.70. The fraction of sp³-hybridized carbons (Fsp3) is 0. The Bertz CT molecular complexity index is 180. The SMILES string of the molecule is Nc1nc(Br)c(Cl)s1. The second-order valence-electron chi connectivity index (χ2n) is 1.12. The van der Waals surface area contributed by atoms with Crippen LogP contribution in [0.5, 0.6) is 0 Å². The number of anilines is 1. The molecule has 0 spiro atoms. The van der Waals surface area contributed by atoms with Crippen molar-refractivity contribution in [3.8, 4) is 0 Å². The first kappa shape index (κ1) is 6.32. The molecule has 44 valence electrons. The Balaban J connectivity index is 3.14. The van der Waals surface area contributed by atoms with Gasteiger partial charge in [-0.3, -0.25) is 0 Å². The standard InChI is InChI=1S/C3H2BrClN2S/c4-1-2(5)8-3(6)7-1/h(H2,6,7). The van der Waals surface area contributed by atoms with Crippen LogP contribution in [-0.4, -0.2) is 4.98 Å². The van der Waals surface area contributed by atoms with Crippen LogP contribution in [0.3, 0.4) is 0 Å². The predicted molar refractivity (Wildman–Crippen MR) is 39.2 cm³/mol. The van der Waals surface area contributed by atoms with Crippen LogP contribution in [0.15, 0.2) is 4.60 Å². The van der Waals surface area contributed by atoms with Crippen molar-refractivity contribution in [3.05, 3.63) is 8.94 Å². The summed E-state index contributed by atoms with van der Waals surface area (Å²) in [5.74, 6) is 0. The van der Waals surface area contributed by atoms with Gasteiger partial charge in [0.15, 0.2) is 5.13 Å². The highest BCUT2D eigenvalue weighted by atomic mass is 79.9. The Morgan fingerprint density at radius 3 is 2.50 bits per heavy atom. The smallest absolute Gasteiger partial charge is 0.182 e. The molecule has 0 fully saturated rings. The molecule has 5 heteroatoms. The van der Waals surface area contributed by atoms with Gasteiger partial charge in [0.25, 0.3) is 0 Å². The minimum absolute atomic E-state index is 0.488. The van der Waals surface area contributed by atoms with Crippen molar-refractivity contribution in [2.75, 3.05) is 5.73 Å². The van der Waals surface area contributed by atoms with E-state index in [9.17, 15) is 0 Å². The second-order valence-corrected chi connectivity index (χ2v) is 3.50. The summed E-state index contributed by atoms with van der Waals surface area (Å²) in [5, 5.41) is 0.488. The van der Waals surface area contributed by atoms with Gasteiger partial charge in [0.2, 0.25) is 0 Å². The average molecular weight is 213 g/mol. The van der Waals surface area contributed by atoms with Gasteiger partial charge in [-0.1, -0.05) is 22.9 Å². The number of nitrogens with zero attached hydrogens (tertiary/aromatic N) is 1. The van der Waals surface area contributed by atoms with Crippen molar-refractivity contribution < 1.29 is 0 Å². The van der Waals surface area contributed by atoms with Crippen LogP contribution in [0.4, 0.5) is 5.13 Å². The molecule has 0 radical (unpaired) electrons. The molecule has 0 bridgehead atoms. The third kappa shape index (κ3) is 1.13. The third-order valence-electron chi connectivity index (χ3n) is 0.565. The van der Waals surface area contributed by atoms with Gasteiger partial charge in [-0.15, -0.1) is 0 Å². The molecule has 0 saturated heterocycles. The number of halogens is 2. The zero-order valence-corrected chi connectivity index (χ0v) is 6.85. The molecule has 0 saturated carbocycles. The molecule has 1 heterocycles. The maximum absolute atomic E-state index is 5.56. The normalized spacial score (nSPS) is 9.75. The molecule has 0 aliphatic carbocycles. The Hall–Kier alpha value is 0.200. The molecule has 8 heavy (non-hydrogen) atoms. The van der Waals surface area contributed by atoms with E-state index in [0.717, 1.165) is 0 Å². The lowest BCUT2D eigenvalue weighted by molar-refractivity contribution is 1.37. The zero-order chi connectivity index (χ0) is 6.15. The maximum atomic E-state index is 5.56. The highest BCUT2D eigenvalue weighted by molar-refractivity contribution is 9.10. The Labute approximate surface area is 63.8 Å². The first-order valence-electron chi connectivity index (χ1n) is 1.77. The number of hydrogen-bond donors (Lipinski definition) is 1. The van der Waals surface area contributed by atoms with Gasteiger partial charge < -0.3 is 5.73 Å². The topological polar surface area (TPSA) is 38.9 Å². The number of nitrogens with two attached hydrogens (primary N) is 1. The van der Waals surface area contributed by atoms with E-state index in [1.165, 1.54) is 11.3 Å². The number of aromatic nitrogens is 1. The molecular weight excluding hydrogens is 211 g/mol. The molecule has 2 N–H and O–H groups in total. The van der Waals surface area contributed by atoms with Crippen molar-refractivity contribution in [1.82, 2.24) is 4.98 Å². The van der Waals surface area contributed by atoms with Crippen LogP contribution in [0.2, 0.25) is 4.34 Å². The van der Waals surface area contributed by atoms with E-state index in [0.29, 0.717) is 14.1 Å². The maximum Gasteiger partial charge on any atom is 0.182 e. The van der Waals surface area contributed by atoms with E-state index in [-0.39, 0.29) is 0 Å². The summed E-state index contributed by atoms with van der Waals surface area (Å²) in [6.07, 6.45) is 0. The minimum atomic E-state index is 0.488. The number of hydrogen-bond acceptors (Lipinski definition) is 3. The highest BCUT2D eigenvalue weighted by Gasteiger charge is 2.00. The van der Waals surface area contributed by atoms with Gasteiger partial charge in [0.05, 0.1) is 0 Å². The molecule has 1 aromatic rings. The fourth-order valence-electron chi connectivity index (χ4n) is 0.297. The largest absolute Gasteiger partial charge is 0.375 e. The number of rotatable bonds is 0. The van der Waals surface area contributed by atoms with Crippen molar-refractivity contribution >= 4 is 44.0 Å². The Morgan fingerprint density at radius 1 is 1.75 bits per heavy atom. The summed E-state index contributed by atoms with van der Waals surface area (Å²) in [4.78, 5) is 3.79. The Kier molecular flexibility index (Phi) is 1.74. The van der Waals surface area contributed by atoms with Crippen LogP contribution in [-0.2, 0) is 0 Å². The quantitative estimate of drug-likeness (QED) is 0.717. The summed E-state index contributed by atoms with van der Waals surface area (Å²) in [6.45, 7) is 0. The van der Waals surface area contributed by atoms with Crippen molar-refractivity contribution in [2.45, 2.75) is 0 Å². The molecule has 0 aliphatic heterocycles. The van der Waals surface area contributed by atoms with Crippen LogP contribution in [0.1, 0.15) is 0 Å². The summed E-state index contributed by atoms with van der Waals surface area (Å²) >= 11 is 9.92. The van der Waals surface area contributed by atoms with E-state index in [2.05, 4.69) is 20.9 Å². The van der Waals surface area contributed by atoms with Crippen LogP contribution >= 0.6 is 38.9 Å². The predicted octanol–water partition coefficient (Wildman–Crippen LogP) is 2.14. The van der Waals surface area contributed by atoms with Crippen LogP contribution < -0.4 is 5.73 Å². The van der Waals surface area contributed by atoms with Crippen molar-refractivity contribution in [3.63, 3.8) is 0 Å². The van der Waals surface area contributed by atoms with Gasteiger partial charge in [-0.05, 0) is 15.9 Å². The number of nitrogen functional groups attached to an aromatic ring is 1. The molecule has 0 unspecified atom stereocenters. The monoisotopic (exact) mass is 212 g/mol. The van der Waals surface area contributed by atoms with Gasteiger partial charge >= 0.3 is 0 Å². The van der Waals surface area contributed by atoms with Crippen molar-refractivity contribution in [1.29, 1.82) is 0 Å². The molecule has 2 nitrogen and oxygen atoms in total. The van der Waals surface area contributed by atoms with E-state index >= 15 is 0 Å². The first-order valence-corrected chi connectivity index (χ1v) is 3.76. The van der Waals surface area contributed by atoms with E-state index in [1.807, 2.05) is 0 Å². The molecule has 0 amide bonds. The summed E-state index contributed by atoms with van der Waals surface area (Å²) in [5.41, 5.74) is 5.27. The van der Waals surface area contributed by atoms with Gasteiger partial charge in [-0.25, -0.2) is 4.98 Å². The van der Waals surface area contributed by atoms with E-state index in [4.69, 9.17) is 17.3 Å². The number of thiazole rings is 1. The molecule has 0 aliphatic rings. The van der Waals surface area contributed by atoms with Crippen molar-refractivity contribution in [2.24, 2.45) is 0 Å². The zero-order valence-electron chi connectivity index (χ0n) is 3.69. The van der Waals surface area contributed by atoms with Gasteiger partial charge in [0, 0.05) is 0 Å². The lowest BCUT2D eigenvalue weighted by Crippen LogP contribution is -1.78. The molecule has 1 aromatic heterocycles. The summed E-state index contributed by atoms with van der Waals surface area (Å²) in [7, 11) is 0. The highest BCUT2D eigenvalue weighted by Crippen LogP contribution is 2.29.